The van der Waals surface area contributed by atoms with Crippen LogP contribution in [0.3, 0.4) is 0 Å². The second-order valence-electron chi connectivity index (χ2n) is 7.05. The van der Waals surface area contributed by atoms with E-state index in [1.807, 2.05) is 4.90 Å². The minimum absolute atomic E-state index is 0.218. The molecule has 0 bridgehead atoms. The first-order valence-corrected chi connectivity index (χ1v) is 10.7. The Balaban J connectivity index is 1.78. The number of piperidine rings is 1. The van der Waals surface area contributed by atoms with Crippen LogP contribution in [0.15, 0.2) is 23.1 Å². The van der Waals surface area contributed by atoms with E-state index in [4.69, 9.17) is 4.74 Å². The molecule has 26 heavy (non-hydrogen) atoms. The zero-order valence-corrected chi connectivity index (χ0v) is 15.9. The van der Waals surface area contributed by atoms with E-state index < -0.39 is 14.8 Å². The molecule has 2 saturated heterocycles. The molecule has 1 unspecified atom stereocenters. The van der Waals surface area contributed by atoms with Gasteiger partial charge in [0.1, 0.15) is 10.6 Å². The maximum atomic E-state index is 11.9. The molecule has 1 aromatic rings. The van der Waals surface area contributed by atoms with Crippen LogP contribution in [-0.2, 0) is 14.6 Å². The predicted octanol–water partition coefficient (Wildman–Crippen LogP) is 1.69. The van der Waals surface area contributed by atoms with Crippen molar-refractivity contribution in [1.82, 2.24) is 4.90 Å². The SMILES string of the molecule is CC1CN(C2CCN(c3cccc(S(C)(=O)=O)c3[N+](=O)[O-])CC2)CCO1. The number of anilines is 1. The summed E-state index contributed by atoms with van der Waals surface area (Å²) in [5, 5.41) is 11.6. The van der Waals surface area contributed by atoms with Crippen molar-refractivity contribution in [3.8, 4) is 0 Å². The average Bonchev–Trinajstić information content (AvgIpc) is 2.60. The molecule has 0 saturated carbocycles. The molecular formula is C17H25N3O5S. The monoisotopic (exact) mass is 383 g/mol. The highest BCUT2D eigenvalue weighted by atomic mass is 32.2. The Morgan fingerprint density at radius 2 is 1.92 bits per heavy atom. The molecule has 2 fully saturated rings. The summed E-state index contributed by atoms with van der Waals surface area (Å²) in [5.41, 5.74) is 0.0835. The third kappa shape index (κ3) is 3.99. The lowest BCUT2D eigenvalue weighted by Crippen LogP contribution is -2.51. The number of morpholine rings is 1. The van der Waals surface area contributed by atoms with Crippen molar-refractivity contribution in [2.75, 3.05) is 43.9 Å². The quantitative estimate of drug-likeness (QED) is 0.577. The number of hydrogen-bond donors (Lipinski definition) is 0. The van der Waals surface area contributed by atoms with E-state index in [9.17, 15) is 18.5 Å². The van der Waals surface area contributed by atoms with Crippen LogP contribution < -0.4 is 4.90 Å². The number of para-hydroxylation sites is 1. The molecule has 0 radical (unpaired) electrons. The van der Waals surface area contributed by atoms with Gasteiger partial charge in [-0.15, -0.1) is 0 Å². The summed E-state index contributed by atoms with van der Waals surface area (Å²) in [7, 11) is -3.66. The van der Waals surface area contributed by atoms with Crippen molar-refractivity contribution in [3.05, 3.63) is 28.3 Å². The highest BCUT2D eigenvalue weighted by molar-refractivity contribution is 7.90. The molecule has 0 N–H and O–H groups in total. The highest BCUT2D eigenvalue weighted by Crippen LogP contribution is 2.36. The van der Waals surface area contributed by atoms with Gasteiger partial charge in [0, 0.05) is 38.5 Å². The first kappa shape index (κ1) is 19.1. The zero-order chi connectivity index (χ0) is 18.9. The van der Waals surface area contributed by atoms with Gasteiger partial charge in [0.15, 0.2) is 9.84 Å². The molecular weight excluding hydrogens is 358 g/mol. The lowest BCUT2D eigenvalue weighted by Gasteiger charge is -2.42. The number of nitrogens with zero attached hydrogens (tertiary/aromatic N) is 3. The molecule has 0 spiro atoms. The van der Waals surface area contributed by atoms with Gasteiger partial charge in [0.05, 0.1) is 17.6 Å². The van der Waals surface area contributed by atoms with Crippen LogP contribution in [0.2, 0.25) is 0 Å². The Kier molecular flexibility index (Phi) is 5.50. The van der Waals surface area contributed by atoms with Crippen LogP contribution in [-0.4, -0.2) is 69.4 Å². The maximum Gasteiger partial charge on any atom is 0.311 e. The molecule has 0 aromatic heterocycles. The number of nitro benzene ring substituents is 1. The lowest BCUT2D eigenvalue weighted by molar-refractivity contribution is -0.387. The van der Waals surface area contributed by atoms with E-state index in [-0.39, 0.29) is 16.7 Å². The minimum atomic E-state index is -3.66. The van der Waals surface area contributed by atoms with E-state index >= 15 is 0 Å². The smallest absolute Gasteiger partial charge is 0.311 e. The van der Waals surface area contributed by atoms with Crippen molar-refractivity contribution in [2.24, 2.45) is 0 Å². The first-order chi connectivity index (χ1) is 12.3. The van der Waals surface area contributed by atoms with Gasteiger partial charge >= 0.3 is 5.69 Å². The number of nitro groups is 1. The number of sulfone groups is 1. The Bertz CT molecular complexity index is 775. The van der Waals surface area contributed by atoms with Crippen molar-refractivity contribution in [2.45, 2.75) is 36.8 Å². The van der Waals surface area contributed by atoms with Gasteiger partial charge in [-0.1, -0.05) is 6.07 Å². The standard InChI is InChI=1S/C17H25N3O5S/c1-13-12-19(10-11-25-13)14-6-8-18(9-7-14)15-4-3-5-16(26(2,23)24)17(15)20(21)22/h3-5,13-14H,6-12H2,1-2H3. The molecule has 2 heterocycles. The molecule has 8 nitrogen and oxygen atoms in total. The second-order valence-corrected chi connectivity index (χ2v) is 9.03. The van der Waals surface area contributed by atoms with Gasteiger partial charge < -0.3 is 9.64 Å². The number of benzene rings is 1. The van der Waals surface area contributed by atoms with Gasteiger partial charge in [-0.3, -0.25) is 15.0 Å². The zero-order valence-electron chi connectivity index (χ0n) is 15.1. The van der Waals surface area contributed by atoms with Gasteiger partial charge in [-0.05, 0) is 31.9 Å². The maximum absolute atomic E-state index is 11.9. The Morgan fingerprint density at radius 3 is 2.50 bits per heavy atom. The van der Waals surface area contributed by atoms with Crippen LogP contribution in [0.25, 0.3) is 0 Å². The van der Waals surface area contributed by atoms with Gasteiger partial charge in [0.2, 0.25) is 0 Å². The topological polar surface area (TPSA) is 93.0 Å². The summed E-state index contributed by atoms with van der Waals surface area (Å²) in [6, 6.07) is 4.96. The fraction of sp³-hybridized carbons (Fsp3) is 0.647. The summed E-state index contributed by atoms with van der Waals surface area (Å²) >= 11 is 0. The number of rotatable bonds is 4. The van der Waals surface area contributed by atoms with Crippen LogP contribution in [0.5, 0.6) is 0 Å². The Labute approximate surface area is 153 Å². The van der Waals surface area contributed by atoms with E-state index in [0.29, 0.717) is 24.8 Å². The minimum Gasteiger partial charge on any atom is -0.376 e. The summed E-state index contributed by atoms with van der Waals surface area (Å²) in [5.74, 6) is 0. The summed E-state index contributed by atoms with van der Waals surface area (Å²) in [6.07, 6.45) is 3.03. The van der Waals surface area contributed by atoms with Gasteiger partial charge in [0.25, 0.3) is 0 Å². The first-order valence-electron chi connectivity index (χ1n) is 8.85. The molecule has 0 amide bonds. The molecule has 9 heteroatoms. The summed E-state index contributed by atoms with van der Waals surface area (Å²) < 4.78 is 29.5. The molecule has 0 aliphatic carbocycles. The molecule has 1 atom stereocenters. The highest BCUT2D eigenvalue weighted by Gasteiger charge is 2.32. The van der Waals surface area contributed by atoms with Gasteiger partial charge in [-0.2, -0.15) is 0 Å². The van der Waals surface area contributed by atoms with Crippen LogP contribution >= 0.6 is 0 Å². The fourth-order valence-corrected chi connectivity index (χ4v) is 4.75. The second kappa shape index (κ2) is 7.50. The summed E-state index contributed by atoms with van der Waals surface area (Å²) in [4.78, 5) is 15.1. The molecule has 2 aliphatic rings. The lowest BCUT2D eigenvalue weighted by atomic mass is 10.0. The van der Waals surface area contributed by atoms with E-state index in [0.717, 1.165) is 38.8 Å². The Hall–Kier alpha value is -1.71. The number of hydrogen-bond acceptors (Lipinski definition) is 7. The van der Waals surface area contributed by atoms with E-state index in [2.05, 4.69) is 11.8 Å². The fourth-order valence-electron chi connectivity index (χ4n) is 3.90. The number of ether oxygens (including phenoxy) is 1. The van der Waals surface area contributed by atoms with Crippen molar-refractivity contribution < 1.29 is 18.1 Å². The molecule has 144 valence electrons. The molecule has 1 aromatic carbocycles. The summed E-state index contributed by atoms with van der Waals surface area (Å²) in [6.45, 7) is 5.98. The van der Waals surface area contributed by atoms with E-state index in [1.54, 1.807) is 12.1 Å². The largest absolute Gasteiger partial charge is 0.376 e. The van der Waals surface area contributed by atoms with E-state index in [1.165, 1.54) is 6.07 Å². The third-order valence-corrected chi connectivity index (χ3v) is 6.28. The Morgan fingerprint density at radius 1 is 1.23 bits per heavy atom. The van der Waals surface area contributed by atoms with Gasteiger partial charge in [-0.25, -0.2) is 8.42 Å². The van der Waals surface area contributed by atoms with Crippen molar-refractivity contribution in [3.63, 3.8) is 0 Å². The predicted molar refractivity (Wildman–Crippen MR) is 98.4 cm³/mol. The third-order valence-electron chi connectivity index (χ3n) is 5.15. The molecule has 3 rings (SSSR count). The van der Waals surface area contributed by atoms with Crippen LogP contribution in [0.1, 0.15) is 19.8 Å². The normalized spacial score (nSPS) is 23.2. The molecule has 2 aliphatic heterocycles. The van der Waals surface area contributed by atoms with Crippen molar-refractivity contribution in [1.29, 1.82) is 0 Å². The van der Waals surface area contributed by atoms with Crippen molar-refractivity contribution >= 4 is 21.2 Å². The average molecular weight is 383 g/mol. The van der Waals surface area contributed by atoms with Crippen LogP contribution in [0, 0.1) is 10.1 Å². The van der Waals surface area contributed by atoms with Crippen LogP contribution in [0.4, 0.5) is 11.4 Å².